The molecule has 0 spiro atoms. The minimum absolute atomic E-state index is 0.0669. The van der Waals surface area contributed by atoms with E-state index in [1.165, 1.54) is 32.1 Å². The lowest BCUT2D eigenvalue weighted by molar-refractivity contribution is -0.122. The molecule has 1 heterocycles. The van der Waals surface area contributed by atoms with Crippen LogP contribution in [0.4, 0.5) is 0 Å². The van der Waals surface area contributed by atoms with Crippen LogP contribution in [0.3, 0.4) is 0 Å². The number of amides is 1. The molecule has 0 aromatic heterocycles. The molecule has 2 atom stereocenters. The molecule has 1 saturated heterocycles. The predicted octanol–water partition coefficient (Wildman–Crippen LogP) is 3.62. The Morgan fingerprint density at radius 2 is 2.03 bits per heavy atom. The zero-order valence-corrected chi connectivity index (χ0v) is 18.9. The van der Waals surface area contributed by atoms with Crippen LogP contribution in [0.15, 0.2) is 24.3 Å². The summed E-state index contributed by atoms with van der Waals surface area (Å²) in [4.78, 5) is 13.4. The molecule has 3 N–H and O–H groups in total. The molecule has 1 aliphatic carbocycles. The zero-order valence-electron chi connectivity index (χ0n) is 17.2. The lowest BCUT2D eigenvalue weighted by Gasteiger charge is -2.26. The van der Waals surface area contributed by atoms with Crippen molar-refractivity contribution < 1.29 is 9.53 Å². The van der Waals surface area contributed by atoms with Crippen LogP contribution in [0, 0.1) is 5.92 Å². The fourth-order valence-corrected chi connectivity index (χ4v) is 5.23. The number of hydrogen-bond acceptors (Lipinski definition) is 5. The Hall–Kier alpha value is -1.31. The summed E-state index contributed by atoms with van der Waals surface area (Å²) in [5.41, 5.74) is 1.14. The molecule has 1 aromatic carbocycles. The van der Waals surface area contributed by atoms with Crippen molar-refractivity contribution in [3.63, 3.8) is 0 Å². The molecule has 2 fully saturated rings. The van der Waals surface area contributed by atoms with Gasteiger partial charge in [0.25, 0.3) is 0 Å². The van der Waals surface area contributed by atoms with Gasteiger partial charge >= 0.3 is 0 Å². The molecule has 160 valence electrons. The van der Waals surface area contributed by atoms with Gasteiger partial charge in [-0.3, -0.25) is 10.1 Å². The van der Waals surface area contributed by atoms with Crippen molar-refractivity contribution in [2.24, 2.45) is 5.92 Å². The Balaban J connectivity index is 1.55. The van der Waals surface area contributed by atoms with E-state index in [2.05, 4.69) is 16.0 Å². The van der Waals surface area contributed by atoms with Gasteiger partial charge in [0, 0.05) is 18.2 Å². The summed E-state index contributed by atoms with van der Waals surface area (Å²) in [6.07, 6.45) is 8.70. The first-order chi connectivity index (χ1) is 14.2. The van der Waals surface area contributed by atoms with Crippen LogP contribution in [0.5, 0.6) is 5.75 Å². The molecule has 0 radical (unpaired) electrons. The van der Waals surface area contributed by atoms with Gasteiger partial charge in [0.15, 0.2) is 0 Å². The van der Waals surface area contributed by atoms with E-state index in [1.54, 1.807) is 18.9 Å². The molecule has 5 nitrogen and oxygen atoms in total. The number of hydrogen-bond donors (Lipinski definition) is 3. The number of rotatable bonds is 9. The molecule has 1 aromatic rings. The van der Waals surface area contributed by atoms with E-state index in [0.717, 1.165) is 46.7 Å². The standard InChI is InChI=1S/C22H33N3O2S2/c1-27-18-10-7-17(8-11-18)13-23-22(28)19(12-9-16-5-3-2-4-6-16)25-21(26)20-14-29-15-24-20/h7-8,10-11,16,19-20,24H,2-6,9,12-15H2,1H3,(H,23,28)(H,25,26)/t19-,20+/m1/s1. The molecule has 1 amide bonds. The molecule has 7 heteroatoms. The average Bonchev–Trinajstić information content (AvgIpc) is 3.31. The van der Waals surface area contributed by atoms with Gasteiger partial charge < -0.3 is 15.4 Å². The van der Waals surface area contributed by atoms with E-state index < -0.39 is 0 Å². The number of thioether (sulfide) groups is 1. The van der Waals surface area contributed by atoms with Gasteiger partial charge in [-0.1, -0.05) is 56.5 Å². The van der Waals surface area contributed by atoms with Gasteiger partial charge in [-0.05, 0) is 36.5 Å². The number of thiocarbonyl (C=S) groups is 1. The first-order valence-corrected chi connectivity index (χ1v) is 12.2. The van der Waals surface area contributed by atoms with Gasteiger partial charge in [-0.15, -0.1) is 11.8 Å². The summed E-state index contributed by atoms with van der Waals surface area (Å²) in [7, 11) is 1.67. The second-order valence-corrected chi connectivity index (χ2v) is 9.45. The fourth-order valence-electron chi connectivity index (χ4n) is 4.04. The number of benzene rings is 1. The highest BCUT2D eigenvalue weighted by molar-refractivity contribution is 7.99. The molecule has 3 rings (SSSR count). The van der Waals surface area contributed by atoms with Crippen LogP contribution < -0.4 is 20.7 Å². The van der Waals surface area contributed by atoms with Gasteiger partial charge in [0.1, 0.15) is 5.75 Å². The minimum atomic E-state index is -0.110. The Labute approximate surface area is 184 Å². The zero-order chi connectivity index (χ0) is 20.5. The Morgan fingerprint density at radius 3 is 2.69 bits per heavy atom. The third-order valence-corrected chi connectivity index (χ3v) is 7.25. The Kier molecular flexibility index (Phi) is 9.08. The van der Waals surface area contributed by atoms with Gasteiger partial charge in [-0.25, -0.2) is 0 Å². The summed E-state index contributed by atoms with van der Waals surface area (Å²) in [6, 6.07) is 7.75. The fraction of sp³-hybridized carbons (Fsp3) is 0.636. The highest BCUT2D eigenvalue weighted by Crippen LogP contribution is 2.28. The maximum atomic E-state index is 12.7. The van der Waals surface area contributed by atoms with Gasteiger partial charge in [0.2, 0.25) is 5.91 Å². The normalized spacial score (nSPS) is 20.8. The van der Waals surface area contributed by atoms with Crippen molar-refractivity contribution in [3.05, 3.63) is 29.8 Å². The van der Waals surface area contributed by atoms with E-state index in [-0.39, 0.29) is 18.0 Å². The first kappa shape index (κ1) is 22.4. The van der Waals surface area contributed by atoms with E-state index in [9.17, 15) is 4.79 Å². The van der Waals surface area contributed by atoms with Crippen LogP contribution >= 0.6 is 24.0 Å². The number of methoxy groups -OCH3 is 1. The summed E-state index contributed by atoms with van der Waals surface area (Å²) < 4.78 is 5.21. The van der Waals surface area contributed by atoms with Crippen molar-refractivity contribution in [2.45, 2.75) is 63.6 Å². The Morgan fingerprint density at radius 1 is 1.28 bits per heavy atom. The number of ether oxygens (including phenoxy) is 1. The summed E-state index contributed by atoms with van der Waals surface area (Å²) >= 11 is 7.47. The second kappa shape index (κ2) is 11.8. The van der Waals surface area contributed by atoms with Crippen molar-refractivity contribution in [1.29, 1.82) is 0 Å². The van der Waals surface area contributed by atoms with Crippen LogP contribution in [-0.2, 0) is 11.3 Å². The van der Waals surface area contributed by atoms with Gasteiger partial charge in [0.05, 0.1) is 24.2 Å². The van der Waals surface area contributed by atoms with E-state index in [1.807, 2.05) is 24.3 Å². The number of nitrogens with one attached hydrogen (secondary N) is 3. The molecule has 29 heavy (non-hydrogen) atoms. The van der Waals surface area contributed by atoms with E-state index in [4.69, 9.17) is 17.0 Å². The SMILES string of the molecule is COc1ccc(CNC(=S)[C@@H](CCC2CCCCC2)NC(=O)[C@@H]2CSCN2)cc1. The average molecular weight is 436 g/mol. The summed E-state index contributed by atoms with van der Waals surface area (Å²) in [5, 5.41) is 9.84. The highest BCUT2D eigenvalue weighted by Gasteiger charge is 2.27. The molecular weight excluding hydrogens is 402 g/mol. The molecule has 1 aliphatic heterocycles. The predicted molar refractivity (Wildman–Crippen MR) is 124 cm³/mol. The molecular formula is C22H33N3O2S2. The minimum Gasteiger partial charge on any atom is -0.497 e. The third kappa shape index (κ3) is 7.15. The molecule has 0 bridgehead atoms. The summed E-state index contributed by atoms with van der Waals surface area (Å²) in [5.74, 6) is 3.35. The van der Waals surface area contributed by atoms with Crippen molar-refractivity contribution in [2.75, 3.05) is 18.7 Å². The van der Waals surface area contributed by atoms with Gasteiger partial charge in [-0.2, -0.15) is 0 Å². The molecule has 2 aliphatic rings. The topological polar surface area (TPSA) is 62.4 Å². The quantitative estimate of drug-likeness (QED) is 0.515. The molecule has 0 unspecified atom stereocenters. The number of carbonyl (C=O) groups is 1. The lowest BCUT2D eigenvalue weighted by Crippen LogP contribution is -2.51. The second-order valence-electron chi connectivity index (χ2n) is 7.98. The summed E-state index contributed by atoms with van der Waals surface area (Å²) in [6.45, 7) is 0.649. The van der Waals surface area contributed by atoms with Crippen molar-refractivity contribution in [3.8, 4) is 5.75 Å². The maximum Gasteiger partial charge on any atom is 0.238 e. The van der Waals surface area contributed by atoms with Crippen LogP contribution in [-0.4, -0.2) is 41.7 Å². The highest BCUT2D eigenvalue weighted by atomic mass is 32.2. The van der Waals surface area contributed by atoms with E-state index >= 15 is 0 Å². The van der Waals surface area contributed by atoms with Crippen molar-refractivity contribution >= 4 is 34.9 Å². The third-order valence-electron chi connectivity index (χ3n) is 5.88. The smallest absolute Gasteiger partial charge is 0.238 e. The Bertz CT molecular complexity index is 657. The molecule has 1 saturated carbocycles. The van der Waals surface area contributed by atoms with Crippen LogP contribution in [0.25, 0.3) is 0 Å². The number of carbonyl (C=O) groups excluding carboxylic acids is 1. The first-order valence-electron chi connectivity index (χ1n) is 10.7. The maximum absolute atomic E-state index is 12.7. The van der Waals surface area contributed by atoms with Crippen LogP contribution in [0.2, 0.25) is 0 Å². The van der Waals surface area contributed by atoms with Crippen molar-refractivity contribution in [1.82, 2.24) is 16.0 Å². The largest absolute Gasteiger partial charge is 0.497 e. The monoisotopic (exact) mass is 435 g/mol. The van der Waals surface area contributed by atoms with Crippen LogP contribution in [0.1, 0.15) is 50.5 Å². The van der Waals surface area contributed by atoms with E-state index in [0.29, 0.717) is 6.54 Å². The lowest BCUT2D eigenvalue weighted by atomic mass is 9.85.